The lowest BCUT2D eigenvalue weighted by Crippen LogP contribution is -1.99. The molecule has 0 spiro atoms. The maximum atomic E-state index is 8.71. The van der Waals surface area contributed by atoms with E-state index in [1.54, 1.807) is 12.4 Å². The van der Waals surface area contributed by atoms with Crippen LogP contribution in [-0.2, 0) is 0 Å². The van der Waals surface area contributed by atoms with Gasteiger partial charge in [0.2, 0.25) is 0 Å². The molecule has 0 saturated carbocycles. The Bertz CT molecular complexity index is 571. The van der Waals surface area contributed by atoms with Crippen LogP contribution in [0.5, 0.6) is 0 Å². The summed E-state index contributed by atoms with van der Waals surface area (Å²) in [4.78, 5) is 12.2. The topological polar surface area (TPSA) is 88.5 Å². The number of pyridine rings is 1. The molecule has 16 heavy (non-hydrogen) atoms. The minimum absolute atomic E-state index is 0.198. The van der Waals surface area contributed by atoms with E-state index in [0.717, 1.165) is 11.1 Å². The van der Waals surface area contributed by atoms with E-state index in [1.165, 1.54) is 6.20 Å². The fourth-order valence-corrected chi connectivity index (χ4v) is 1.34. The fraction of sp³-hybridized carbons (Fsp3) is 0.0909. The molecule has 0 fully saturated rings. The Labute approximate surface area is 92.6 Å². The fourth-order valence-electron chi connectivity index (χ4n) is 1.34. The smallest absolute Gasteiger partial charge is 0.161 e. The van der Waals surface area contributed by atoms with Crippen molar-refractivity contribution in [3.63, 3.8) is 0 Å². The number of aryl methyl sites for hydroxylation is 1. The predicted molar refractivity (Wildman–Crippen MR) is 59.1 cm³/mol. The van der Waals surface area contributed by atoms with Crippen molar-refractivity contribution in [3.8, 4) is 17.5 Å². The maximum absolute atomic E-state index is 8.71. The molecule has 2 aromatic heterocycles. The van der Waals surface area contributed by atoms with Crippen molar-refractivity contribution < 1.29 is 0 Å². The van der Waals surface area contributed by atoms with Crippen LogP contribution in [-0.4, -0.2) is 15.0 Å². The highest BCUT2D eigenvalue weighted by atomic mass is 14.9. The van der Waals surface area contributed by atoms with Crippen molar-refractivity contribution in [2.24, 2.45) is 0 Å². The Morgan fingerprint density at radius 2 is 2.19 bits per heavy atom. The number of rotatable bonds is 1. The summed E-state index contributed by atoms with van der Waals surface area (Å²) >= 11 is 0. The second-order valence-corrected chi connectivity index (χ2v) is 3.29. The summed E-state index contributed by atoms with van der Waals surface area (Å²) in [5, 5.41) is 8.71. The van der Waals surface area contributed by atoms with Gasteiger partial charge in [-0.2, -0.15) is 5.26 Å². The largest absolute Gasteiger partial charge is 0.382 e. The molecule has 0 aliphatic rings. The van der Waals surface area contributed by atoms with Crippen LogP contribution in [0, 0.1) is 18.3 Å². The molecule has 0 aliphatic carbocycles. The van der Waals surface area contributed by atoms with Gasteiger partial charge in [-0.05, 0) is 18.6 Å². The zero-order chi connectivity index (χ0) is 11.5. The lowest BCUT2D eigenvalue weighted by molar-refractivity contribution is 1.15. The molecule has 5 nitrogen and oxygen atoms in total. The molecule has 2 N–H and O–H groups in total. The second kappa shape index (κ2) is 3.95. The number of nitrogen functional groups attached to an aromatic ring is 1. The number of aromatic nitrogens is 3. The molecule has 0 saturated heterocycles. The SMILES string of the molecule is Cc1cnccc1-c1ncc(C#N)c(N)n1. The Balaban J connectivity index is 2.55. The van der Waals surface area contributed by atoms with E-state index >= 15 is 0 Å². The zero-order valence-corrected chi connectivity index (χ0v) is 8.68. The molecule has 2 heterocycles. The van der Waals surface area contributed by atoms with Crippen LogP contribution in [0.15, 0.2) is 24.7 Å². The number of hydrogen-bond donors (Lipinski definition) is 1. The first-order valence-corrected chi connectivity index (χ1v) is 4.66. The first-order valence-electron chi connectivity index (χ1n) is 4.66. The van der Waals surface area contributed by atoms with E-state index in [9.17, 15) is 0 Å². The Hall–Kier alpha value is -2.48. The number of nitrogens with two attached hydrogens (primary N) is 1. The van der Waals surface area contributed by atoms with Gasteiger partial charge in [0.15, 0.2) is 5.82 Å². The number of nitrogens with zero attached hydrogens (tertiary/aromatic N) is 4. The van der Waals surface area contributed by atoms with Gasteiger partial charge in [-0.25, -0.2) is 9.97 Å². The first kappa shape index (κ1) is 10.1. The van der Waals surface area contributed by atoms with Crippen molar-refractivity contribution in [3.05, 3.63) is 35.8 Å². The Kier molecular flexibility index (Phi) is 2.48. The molecule has 5 heteroatoms. The summed E-state index contributed by atoms with van der Waals surface area (Å²) in [6.07, 6.45) is 4.82. The highest BCUT2D eigenvalue weighted by Crippen LogP contribution is 2.19. The molecule has 0 aliphatic heterocycles. The normalized spacial score (nSPS) is 9.75. The van der Waals surface area contributed by atoms with Crippen LogP contribution in [0.25, 0.3) is 11.4 Å². The van der Waals surface area contributed by atoms with Gasteiger partial charge in [0, 0.05) is 18.0 Å². The van der Waals surface area contributed by atoms with Crippen LogP contribution in [0.1, 0.15) is 11.1 Å². The van der Waals surface area contributed by atoms with Gasteiger partial charge in [-0.15, -0.1) is 0 Å². The standard InChI is InChI=1S/C11H9N5/c1-7-5-14-3-2-9(7)11-15-6-8(4-12)10(13)16-11/h2-3,5-6H,1H3,(H2,13,15,16). The van der Waals surface area contributed by atoms with Crippen LogP contribution >= 0.6 is 0 Å². The number of nitriles is 1. The van der Waals surface area contributed by atoms with E-state index in [2.05, 4.69) is 15.0 Å². The highest BCUT2D eigenvalue weighted by molar-refractivity contribution is 5.61. The van der Waals surface area contributed by atoms with Gasteiger partial charge < -0.3 is 5.73 Å². The third-order valence-corrected chi connectivity index (χ3v) is 2.20. The lowest BCUT2D eigenvalue weighted by atomic mass is 10.1. The van der Waals surface area contributed by atoms with E-state index in [4.69, 9.17) is 11.0 Å². The molecule has 0 unspecified atom stereocenters. The Morgan fingerprint density at radius 1 is 1.38 bits per heavy atom. The molecule has 0 atom stereocenters. The molecule has 0 amide bonds. The third-order valence-electron chi connectivity index (χ3n) is 2.20. The molecule has 2 aromatic rings. The molecular weight excluding hydrogens is 202 g/mol. The predicted octanol–water partition coefficient (Wildman–Crippen LogP) is 1.30. The molecular formula is C11H9N5. The minimum Gasteiger partial charge on any atom is -0.382 e. The van der Waals surface area contributed by atoms with Crippen LogP contribution < -0.4 is 5.73 Å². The van der Waals surface area contributed by atoms with Crippen LogP contribution in [0.3, 0.4) is 0 Å². The lowest BCUT2D eigenvalue weighted by Gasteiger charge is -2.04. The first-order chi connectivity index (χ1) is 7.72. The summed E-state index contributed by atoms with van der Waals surface area (Å²) in [7, 11) is 0. The second-order valence-electron chi connectivity index (χ2n) is 3.29. The van der Waals surface area contributed by atoms with Gasteiger partial charge in [0.25, 0.3) is 0 Å². The van der Waals surface area contributed by atoms with Gasteiger partial charge in [-0.3, -0.25) is 4.98 Å². The molecule has 0 bridgehead atoms. The van der Waals surface area contributed by atoms with Crippen molar-refractivity contribution in [1.82, 2.24) is 15.0 Å². The molecule has 78 valence electrons. The molecule has 0 aromatic carbocycles. The van der Waals surface area contributed by atoms with E-state index < -0.39 is 0 Å². The summed E-state index contributed by atoms with van der Waals surface area (Å²) < 4.78 is 0. The molecule has 0 radical (unpaired) electrons. The van der Waals surface area contributed by atoms with Crippen molar-refractivity contribution in [1.29, 1.82) is 5.26 Å². The van der Waals surface area contributed by atoms with Crippen molar-refractivity contribution >= 4 is 5.82 Å². The van der Waals surface area contributed by atoms with Gasteiger partial charge in [-0.1, -0.05) is 0 Å². The summed E-state index contributed by atoms with van der Waals surface area (Å²) in [5.74, 6) is 0.708. The molecule has 2 rings (SSSR count). The monoisotopic (exact) mass is 211 g/mol. The minimum atomic E-state index is 0.198. The van der Waals surface area contributed by atoms with Crippen LogP contribution in [0.2, 0.25) is 0 Å². The van der Waals surface area contributed by atoms with Crippen LogP contribution in [0.4, 0.5) is 5.82 Å². The average molecular weight is 211 g/mol. The average Bonchev–Trinajstić information content (AvgIpc) is 2.29. The maximum Gasteiger partial charge on any atom is 0.161 e. The summed E-state index contributed by atoms with van der Waals surface area (Å²) in [6, 6.07) is 3.74. The van der Waals surface area contributed by atoms with Crippen molar-refractivity contribution in [2.45, 2.75) is 6.92 Å². The van der Waals surface area contributed by atoms with Gasteiger partial charge in [0.05, 0.1) is 6.20 Å². The van der Waals surface area contributed by atoms with Crippen molar-refractivity contribution in [2.75, 3.05) is 5.73 Å². The Morgan fingerprint density at radius 3 is 2.81 bits per heavy atom. The van der Waals surface area contributed by atoms with Gasteiger partial charge >= 0.3 is 0 Å². The van der Waals surface area contributed by atoms with E-state index in [-0.39, 0.29) is 11.4 Å². The van der Waals surface area contributed by atoms with Gasteiger partial charge in [0.1, 0.15) is 17.5 Å². The quantitative estimate of drug-likeness (QED) is 0.768. The number of hydrogen-bond acceptors (Lipinski definition) is 5. The third kappa shape index (κ3) is 1.68. The highest BCUT2D eigenvalue weighted by Gasteiger charge is 2.07. The summed E-state index contributed by atoms with van der Waals surface area (Å²) in [5.41, 5.74) is 7.75. The summed E-state index contributed by atoms with van der Waals surface area (Å²) in [6.45, 7) is 1.92. The van der Waals surface area contributed by atoms with E-state index in [1.807, 2.05) is 19.1 Å². The zero-order valence-electron chi connectivity index (χ0n) is 8.68. The van der Waals surface area contributed by atoms with E-state index in [0.29, 0.717) is 5.82 Å². The number of anilines is 1.